The van der Waals surface area contributed by atoms with Crippen LogP contribution in [0.3, 0.4) is 0 Å². The number of methoxy groups -OCH3 is 1. The molecule has 0 aromatic heterocycles. The third-order valence-electron chi connectivity index (χ3n) is 4.32. The van der Waals surface area contributed by atoms with E-state index in [0.29, 0.717) is 12.3 Å². The van der Waals surface area contributed by atoms with Crippen LogP contribution in [-0.4, -0.2) is 13.0 Å². The first-order chi connectivity index (χ1) is 12.0. The molecule has 0 bridgehead atoms. The van der Waals surface area contributed by atoms with Gasteiger partial charge in [0, 0.05) is 6.42 Å². The maximum Gasteiger partial charge on any atom is 0.220 e. The number of hydrogen-bond acceptors (Lipinski definition) is 2. The predicted octanol–water partition coefficient (Wildman–Crippen LogP) is 4.84. The molecule has 134 valence electrons. The molecular formula is C22H29NO2. The molecule has 0 heterocycles. The lowest BCUT2D eigenvalue weighted by molar-refractivity contribution is -0.121. The second-order valence-electron chi connectivity index (χ2n) is 7.01. The SMILES string of the molecule is COc1ccc(C(CC(C)C)NC(=O)CCc2ccc(C)cc2)cc1. The maximum atomic E-state index is 12.4. The first-order valence-electron chi connectivity index (χ1n) is 8.96. The van der Waals surface area contributed by atoms with Crippen molar-refractivity contribution in [1.29, 1.82) is 0 Å². The molecule has 0 saturated carbocycles. The van der Waals surface area contributed by atoms with Crippen molar-refractivity contribution in [3.8, 4) is 5.75 Å². The molecule has 0 spiro atoms. The Balaban J connectivity index is 1.97. The molecule has 0 aliphatic heterocycles. The van der Waals surface area contributed by atoms with Gasteiger partial charge < -0.3 is 10.1 Å². The summed E-state index contributed by atoms with van der Waals surface area (Å²) in [7, 11) is 1.66. The van der Waals surface area contributed by atoms with Gasteiger partial charge in [-0.05, 0) is 48.9 Å². The minimum absolute atomic E-state index is 0.0384. The van der Waals surface area contributed by atoms with Crippen LogP contribution in [0.25, 0.3) is 0 Å². The van der Waals surface area contributed by atoms with Crippen LogP contribution in [0.5, 0.6) is 5.75 Å². The fraction of sp³-hybridized carbons (Fsp3) is 0.409. The Kier molecular flexibility index (Phi) is 7.05. The van der Waals surface area contributed by atoms with Gasteiger partial charge in [0.2, 0.25) is 5.91 Å². The highest BCUT2D eigenvalue weighted by Crippen LogP contribution is 2.23. The van der Waals surface area contributed by atoms with Gasteiger partial charge in [0.25, 0.3) is 0 Å². The van der Waals surface area contributed by atoms with Crippen molar-refractivity contribution >= 4 is 5.91 Å². The normalized spacial score (nSPS) is 12.0. The Morgan fingerprint density at radius 1 is 1.04 bits per heavy atom. The average Bonchev–Trinajstić information content (AvgIpc) is 2.60. The van der Waals surface area contributed by atoms with E-state index in [0.717, 1.165) is 24.2 Å². The van der Waals surface area contributed by atoms with Gasteiger partial charge in [0.05, 0.1) is 13.2 Å². The summed E-state index contributed by atoms with van der Waals surface area (Å²) in [5.74, 6) is 1.43. The van der Waals surface area contributed by atoms with Gasteiger partial charge in [-0.3, -0.25) is 4.79 Å². The van der Waals surface area contributed by atoms with Gasteiger partial charge in [0.15, 0.2) is 0 Å². The fourth-order valence-electron chi connectivity index (χ4n) is 2.87. The van der Waals surface area contributed by atoms with Crippen LogP contribution in [0.15, 0.2) is 48.5 Å². The molecule has 3 nitrogen and oxygen atoms in total. The molecule has 1 atom stereocenters. The number of amides is 1. The summed E-state index contributed by atoms with van der Waals surface area (Å²) in [6.07, 6.45) is 2.19. The number of benzene rings is 2. The zero-order valence-electron chi connectivity index (χ0n) is 15.7. The summed E-state index contributed by atoms with van der Waals surface area (Å²) >= 11 is 0. The summed E-state index contributed by atoms with van der Waals surface area (Å²) in [6.45, 7) is 6.42. The van der Waals surface area contributed by atoms with E-state index in [4.69, 9.17) is 4.74 Å². The molecule has 3 heteroatoms. The van der Waals surface area contributed by atoms with E-state index in [9.17, 15) is 4.79 Å². The van der Waals surface area contributed by atoms with Crippen LogP contribution in [0.4, 0.5) is 0 Å². The van der Waals surface area contributed by atoms with Gasteiger partial charge in [0.1, 0.15) is 5.75 Å². The maximum absolute atomic E-state index is 12.4. The monoisotopic (exact) mass is 339 g/mol. The molecule has 0 radical (unpaired) electrons. The Morgan fingerprint density at radius 3 is 2.24 bits per heavy atom. The van der Waals surface area contributed by atoms with Gasteiger partial charge in [-0.1, -0.05) is 55.8 Å². The lowest BCUT2D eigenvalue weighted by Crippen LogP contribution is -2.29. The smallest absolute Gasteiger partial charge is 0.220 e. The van der Waals surface area contributed by atoms with E-state index in [1.807, 2.05) is 24.3 Å². The minimum atomic E-state index is 0.0384. The third kappa shape index (κ3) is 6.26. The molecule has 2 rings (SSSR count). The molecule has 1 N–H and O–H groups in total. The van der Waals surface area contributed by atoms with Crippen molar-refractivity contribution in [2.24, 2.45) is 5.92 Å². The molecule has 1 unspecified atom stereocenters. The summed E-state index contributed by atoms with van der Waals surface area (Å²) in [6, 6.07) is 16.4. The van der Waals surface area contributed by atoms with E-state index in [1.165, 1.54) is 11.1 Å². The third-order valence-corrected chi connectivity index (χ3v) is 4.32. The summed E-state index contributed by atoms with van der Waals surface area (Å²) < 4.78 is 5.22. The van der Waals surface area contributed by atoms with E-state index >= 15 is 0 Å². The lowest BCUT2D eigenvalue weighted by Gasteiger charge is -2.21. The fourth-order valence-corrected chi connectivity index (χ4v) is 2.87. The highest BCUT2D eigenvalue weighted by atomic mass is 16.5. The van der Waals surface area contributed by atoms with Crippen molar-refractivity contribution in [2.75, 3.05) is 7.11 Å². The van der Waals surface area contributed by atoms with Crippen molar-refractivity contribution in [1.82, 2.24) is 5.32 Å². The molecule has 0 aliphatic rings. The molecule has 1 amide bonds. The molecule has 2 aromatic carbocycles. The van der Waals surface area contributed by atoms with E-state index < -0.39 is 0 Å². The average molecular weight is 339 g/mol. The Hall–Kier alpha value is -2.29. The minimum Gasteiger partial charge on any atom is -0.497 e. The van der Waals surface area contributed by atoms with Crippen LogP contribution in [0, 0.1) is 12.8 Å². The number of rotatable bonds is 8. The van der Waals surface area contributed by atoms with Crippen LogP contribution in [-0.2, 0) is 11.2 Å². The number of ether oxygens (including phenoxy) is 1. The van der Waals surface area contributed by atoms with Crippen molar-refractivity contribution in [3.05, 3.63) is 65.2 Å². The lowest BCUT2D eigenvalue weighted by atomic mass is 9.96. The Morgan fingerprint density at radius 2 is 1.68 bits per heavy atom. The van der Waals surface area contributed by atoms with Crippen molar-refractivity contribution in [3.63, 3.8) is 0 Å². The molecule has 0 fully saturated rings. The highest BCUT2D eigenvalue weighted by molar-refractivity contribution is 5.76. The topological polar surface area (TPSA) is 38.3 Å². The van der Waals surface area contributed by atoms with Crippen LogP contribution in [0.2, 0.25) is 0 Å². The Labute approximate surface area is 151 Å². The molecule has 0 aliphatic carbocycles. The number of carbonyl (C=O) groups is 1. The van der Waals surface area contributed by atoms with Gasteiger partial charge >= 0.3 is 0 Å². The second kappa shape index (κ2) is 9.26. The second-order valence-corrected chi connectivity index (χ2v) is 7.01. The quantitative estimate of drug-likeness (QED) is 0.747. The predicted molar refractivity (Wildman–Crippen MR) is 103 cm³/mol. The number of hydrogen-bond donors (Lipinski definition) is 1. The van der Waals surface area contributed by atoms with Gasteiger partial charge in [-0.25, -0.2) is 0 Å². The highest BCUT2D eigenvalue weighted by Gasteiger charge is 2.16. The molecule has 0 saturated heterocycles. The van der Waals surface area contributed by atoms with E-state index in [2.05, 4.69) is 50.4 Å². The molecular weight excluding hydrogens is 310 g/mol. The van der Waals surface area contributed by atoms with Crippen LogP contribution in [0.1, 0.15) is 49.4 Å². The first kappa shape index (κ1) is 19.0. The molecule has 25 heavy (non-hydrogen) atoms. The molecule has 2 aromatic rings. The van der Waals surface area contributed by atoms with Gasteiger partial charge in [-0.15, -0.1) is 0 Å². The number of nitrogens with one attached hydrogen (secondary N) is 1. The summed E-state index contributed by atoms with van der Waals surface area (Å²) in [5, 5.41) is 3.20. The van der Waals surface area contributed by atoms with Gasteiger partial charge in [-0.2, -0.15) is 0 Å². The van der Waals surface area contributed by atoms with Crippen molar-refractivity contribution < 1.29 is 9.53 Å². The zero-order valence-corrected chi connectivity index (χ0v) is 15.7. The Bertz CT molecular complexity index is 659. The zero-order chi connectivity index (χ0) is 18.2. The summed E-state index contributed by atoms with van der Waals surface area (Å²) in [4.78, 5) is 12.4. The summed E-state index contributed by atoms with van der Waals surface area (Å²) in [5.41, 5.74) is 3.56. The standard InChI is InChI=1S/C22H29NO2/c1-16(2)15-21(19-10-12-20(25-4)13-11-19)23-22(24)14-9-18-7-5-17(3)6-8-18/h5-8,10-13,16,21H,9,14-15H2,1-4H3,(H,23,24). The van der Waals surface area contributed by atoms with E-state index in [-0.39, 0.29) is 11.9 Å². The van der Waals surface area contributed by atoms with Crippen LogP contribution < -0.4 is 10.1 Å². The largest absolute Gasteiger partial charge is 0.497 e. The first-order valence-corrected chi connectivity index (χ1v) is 8.96. The number of carbonyl (C=O) groups excluding carboxylic acids is 1. The number of aryl methyl sites for hydroxylation is 2. The van der Waals surface area contributed by atoms with E-state index in [1.54, 1.807) is 7.11 Å². The van der Waals surface area contributed by atoms with Crippen molar-refractivity contribution in [2.45, 2.75) is 46.1 Å². The van der Waals surface area contributed by atoms with Crippen LogP contribution >= 0.6 is 0 Å².